The van der Waals surface area contributed by atoms with Crippen LogP contribution in [0.25, 0.3) is 0 Å². The molecule has 1 amide bonds. The van der Waals surface area contributed by atoms with Crippen molar-refractivity contribution in [2.75, 3.05) is 38.0 Å². The van der Waals surface area contributed by atoms with E-state index in [1.807, 2.05) is 4.90 Å². The summed E-state index contributed by atoms with van der Waals surface area (Å²) in [7, 11) is 0. The van der Waals surface area contributed by atoms with Crippen LogP contribution in [0.3, 0.4) is 0 Å². The maximum Gasteiger partial charge on any atom is 0.292 e. The van der Waals surface area contributed by atoms with Crippen LogP contribution < -0.4 is 10.6 Å². The van der Waals surface area contributed by atoms with E-state index in [1.165, 1.54) is 6.07 Å². The molecule has 1 aromatic carbocycles. The Balaban J connectivity index is 0.00000176. The van der Waals surface area contributed by atoms with Crippen molar-refractivity contribution in [3.05, 3.63) is 34.4 Å². The molecule has 0 radical (unpaired) electrons. The first-order valence-corrected chi connectivity index (χ1v) is 7.11. The van der Waals surface area contributed by atoms with Gasteiger partial charge in [-0.15, -0.1) is 12.4 Å². The predicted molar refractivity (Wildman–Crippen MR) is 85.3 cm³/mol. The van der Waals surface area contributed by atoms with Crippen molar-refractivity contribution in [2.45, 2.75) is 0 Å². The van der Waals surface area contributed by atoms with Crippen molar-refractivity contribution >= 4 is 29.7 Å². The molecule has 3 rings (SSSR count). The van der Waals surface area contributed by atoms with E-state index in [4.69, 9.17) is 0 Å². The maximum absolute atomic E-state index is 12.2. The summed E-state index contributed by atoms with van der Waals surface area (Å²) in [5.41, 5.74) is 0.379. The normalized spacial score (nSPS) is 22.8. The van der Waals surface area contributed by atoms with Crippen LogP contribution in [0, 0.1) is 22.0 Å². The van der Waals surface area contributed by atoms with Crippen LogP contribution in [-0.4, -0.2) is 48.5 Å². The Hall–Kier alpha value is -1.86. The summed E-state index contributed by atoms with van der Waals surface area (Å²) in [6, 6.07) is 6.37. The second-order valence-corrected chi connectivity index (χ2v) is 5.60. The molecular formula is C14H19ClN4O3. The van der Waals surface area contributed by atoms with Crippen LogP contribution in [0.2, 0.25) is 0 Å². The van der Waals surface area contributed by atoms with E-state index in [0.717, 1.165) is 26.2 Å². The zero-order chi connectivity index (χ0) is 14.8. The minimum Gasteiger partial charge on any atom is -0.371 e. The van der Waals surface area contributed by atoms with Gasteiger partial charge in [0.25, 0.3) is 5.69 Å². The fraction of sp³-hybridized carbons (Fsp3) is 0.500. The predicted octanol–water partition coefficient (Wildman–Crippen LogP) is 1.11. The largest absolute Gasteiger partial charge is 0.371 e. The number of amides is 1. The number of rotatable bonds is 4. The van der Waals surface area contributed by atoms with E-state index in [2.05, 4.69) is 10.6 Å². The molecule has 7 nitrogen and oxygen atoms in total. The Morgan fingerprint density at radius 3 is 2.59 bits per heavy atom. The van der Waals surface area contributed by atoms with Crippen LogP contribution in [0.5, 0.6) is 0 Å². The van der Waals surface area contributed by atoms with Gasteiger partial charge in [0.2, 0.25) is 5.91 Å². The highest BCUT2D eigenvalue weighted by atomic mass is 35.5. The van der Waals surface area contributed by atoms with Crippen LogP contribution in [0.4, 0.5) is 11.4 Å². The van der Waals surface area contributed by atoms with Gasteiger partial charge in [0, 0.05) is 32.2 Å². The zero-order valence-corrected chi connectivity index (χ0v) is 12.8. The first-order chi connectivity index (χ1) is 10.1. The summed E-state index contributed by atoms with van der Waals surface area (Å²) in [4.78, 5) is 24.5. The van der Waals surface area contributed by atoms with Crippen molar-refractivity contribution < 1.29 is 9.72 Å². The summed E-state index contributed by atoms with van der Waals surface area (Å²) >= 11 is 0. The number of benzene rings is 1. The topological polar surface area (TPSA) is 87.5 Å². The number of para-hydroxylation sites is 2. The number of fused-ring (bicyclic) bond motifs is 1. The number of halogens is 1. The van der Waals surface area contributed by atoms with Gasteiger partial charge in [-0.1, -0.05) is 12.1 Å². The summed E-state index contributed by atoms with van der Waals surface area (Å²) < 4.78 is 0. The van der Waals surface area contributed by atoms with Crippen LogP contribution in [-0.2, 0) is 4.79 Å². The van der Waals surface area contributed by atoms with E-state index < -0.39 is 4.92 Å². The number of anilines is 1. The van der Waals surface area contributed by atoms with Gasteiger partial charge in [-0.25, -0.2) is 0 Å². The summed E-state index contributed by atoms with van der Waals surface area (Å²) in [5, 5.41) is 17.1. The van der Waals surface area contributed by atoms with Crippen molar-refractivity contribution in [3.63, 3.8) is 0 Å². The molecule has 0 bridgehead atoms. The lowest BCUT2D eigenvalue weighted by Gasteiger charge is -2.18. The van der Waals surface area contributed by atoms with Crippen molar-refractivity contribution in [1.82, 2.24) is 10.2 Å². The molecule has 2 fully saturated rings. The standard InChI is InChI=1S/C14H18N4O3.ClH/c19-14(17-8-10-5-15-6-11(10)9-17)7-16-12-3-1-2-4-13(12)18(20)21;/h1-4,10-11,15-16H,5-9H2;1H/t10-,11+;. The lowest BCUT2D eigenvalue weighted by atomic mass is 10.0. The molecule has 2 heterocycles. The molecule has 2 aliphatic heterocycles. The smallest absolute Gasteiger partial charge is 0.292 e. The minimum absolute atomic E-state index is 0. The Morgan fingerprint density at radius 2 is 1.95 bits per heavy atom. The van der Waals surface area contributed by atoms with Crippen molar-refractivity contribution in [3.8, 4) is 0 Å². The summed E-state index contributed by atoms with van der Waals surface area (Å²) in [6.45, 7) is 3.62. The number of carbonyl (C=O) groups is 1. The number of nitrogens with one attached hydrogen (secondary N) is 2. The first-order valence-electron chi connectivity index (χ1n) is 7.11. The van der Waals surface area contributed by atoms with Crippen LogP contribution >= 0.6 is 12.4 Å². The summed E-state index contributed by atoms with van der Waals surface area (Å²) in [5.74, 6) is 1.11. The highest BCUT2D eigenvalue weighted by Crippen LogP contribution is 2.27. The first kappa shape index (κ1) is 16.5. The van der Waals surface area contributed by atoms with Gasteiger partial charge in [-0.3, -0.25) is 14.9 Å². The number of hydrogen-bond acceptors (Lipinski definition) is 5. The molecule has 2 atom stereocenters. The highest BCUT2D eigenvalue weighted by molar-refractivity contribution is 5.85. The average molecular weight is 327 g/mol. The van der Waals surface area contributed by atoms with E-state index in [-0.39, 0.29) is 30.5 Å². The Labute approximate surface area is 134 Å². The molecule has 2 aliphatic rings. The van der Waals surface area contributed by atoms with Gasteiger partial charge >= 0.3 is 0 Å². The lowest BCUT2D eigenvalue weighted by molar-refractivity contribution is -0.383. The van der Waals surface area contributed by atoms with Gasteiger partial charge in [0.1, 0.15) is 5.69 Å². The molecule has 0 spiro atoms. The van der Waals surface area contributed by atoms with Gasteiger partial charge in [-0.05, 0) is 17.9 Å². The quantitative estimate of drug-likeness (QED) is 0.639. The Bertz CT molecular complexity index is 557. The van der Waals surface area contributed by atoms with Gasteiger partial charge in [0.05, 0.1) is 11.5 Å². The monoisotopic (exact) mass is 326 g/mol. The second kappa shape index (κ2) is 6.93. The second-order valence-electron chi connectivity index (χ2n) is 5.60. The number of nitrogens with zero attached hydrogens (tertiary/aromatic N) is 2. The SMILES string of the molecule is Cl.O=C(CNc1ccccc1[N+](=O)[O-])N1C[C@H]2CNC[C@H]2C1. The number of hydrogen-bond donors (Lipinski definition) is 2. The zero-order valence-electron chi connectivity index (χ0n) is 12.0. The van der Waals surface area contributed by atoms with E-state index in [0.29, 0.717) is 17.5 Å². The molecule has 2 N–H and O–H groups in total. The fourth-order valence-electron chi connectivity index (χ4n) is 3.12. The third-order valence-electron chi connectivity index (χ3n) is 4.27. The van der Waals surface area contributed by atoms with Crippen molar-refractivity contribution in [2.24, 2.45) is 11.8 Å². The maximum atomic E-state index is 12.2. The Kier molecular flexibility index (Phi) is 5.20. The van der Waals surface area contributed by atoms with Crippen LogP contribution in [0.15, 0.2) is 24.3 Å². The molecular weight excluding hydrogens is 308 g/mol. The third kappa shape index (κ3) is 3.31. The molecule has 0 unspecified atom stereocenters. The van der Waals surface area contributed by atoms with Crippen molar-refractivity contribution in [1.29, 1.82) is 0 Å². The van der Waals surface area contributed by atoms with Gasteiger partial charge in [0.15, 0.2) is 0 Å². The molecule has 22 heavy (non-hydrogen) atoms. The Morgan fingerprint density at radius 1 is 1.32 bits per heavy atom. The highest BCUT2D eigenvalue weighted by Gasteiger charge is 2.37. The lowest BCUT2D eigenvalue weighted by Crippen LogP contribution is -2.35. The van der Waals surface area contributed by atoms with E-state index >= 15 is 0 Å². The molecule has 120 valence electrons. The molecule has 0 aromatic heterocycles. The number of likely N-dealkylation sites (tertiary alicyclic amines) is 1. The van der Waals surface area contributed by atoms with E-state index in [9.17, 15) is 14.9 Å². The number of nitro benzene ring substituents is 1. The molecule has 1 aromatic rings. The minimum atomic E-state index is -0.446. The number of carbonyl (C=O) groups excluding carboxylic acids is 1. The molecule has 8 heteroatoms. The summed E-state index contributed by atoms with van der Waals surface area (Å²) in [6.07, 6.45) is 0. The average Bonchev–Trinajstić information content (AvgIpc) is 3.06. The fourth-order valence-corrected chi connectivity index (χ4v) is 3.12. The third-order valence-corrected chi connectivity index (χ3v) is 4.27. The van der Waals surface area contributed by atoms with Gasteiger partial charge in [-0.2, -0.15) is 0 Å². The molecule has 0 aliphatic carbocycles. The van der Waals surface area contributed by atoms with Crippen LogP contribution in [0.1, 0.15) is 0 Å². The molecule has 2 saturated heterocycles. The number of nitro groups is 1. The van der Waals surface area contributed by atoms with Gasteiger partial charge < -0.3 is 15.5 Å². The van der Waals surface area contributed by atoms with E-state index in [1.54, 1.807) is 18.2 Å². The molecule has 0 saturated carbocycles.